The summed E-state index contributed by atoms with van der Waals surface area (Å²) < 4.78 is 13.2. The van der Waals surface area contributed by atoms with Crippen molar-refractivity contribution in [3.8, 4) is 5.75 Å². The number of halogens is 1. The van der Waals surface area contributed by atoms with Crippen LogP contribution in [0.4, 0.5) is 5.69 Å². The van der Waals surface area contributed by atoms with E-state index >= 15 is 0 Å². The van der Waals surface area contributed by atoms with Gasteiger partial charge in [-0.3, -0.25) is 4.98 Å². The molecule has 5 rings (SSSR count). The molecule has 0 spiro atoms. The lowest BCUT2D eigenvalue weighted by atomic mass is 9.96. The average molecular weight is 547 g/mol. The number of anilines is 1. The predicted octanol–water partition coefficient (Wildman–Crippen LogP) is 6.40. The van der Waals surface area contributed by atoms with Crippen molar-refractivity contribution in [2.45, 2.75) is 32.5 Å². The van der Waals surface area contributed by atoms with Crippen molar-refractivity contribution in [1.29, 1.82) is 0 Å². The zero-order valence-corrected chi connectivity index (χ0v) is 23.3. The van der Waals surface area contributed by atoms with E-state index in [1.165, 1.54) is 22.5 Å². The van der Waals surface area contributed by atoms with Gasteiger partial charge in [0.15, 0.2) is 5.11 Å². The van der Waals surface area contributed by atoms with E-state index in [1.807, 2.05) is 48.7 Å². The number of thiocarbonyl (C=S) groups is 1. The number of rotatable bonds is 9. The zero-order chi connectivity index (χ0) is 26.6. The molecule has 1 fully saturated rings. The maximum atomic E-state index is 6.66. The Morgan fingerprint density at radius 3 is 2.50 bits per heavy atom. The highest BCUT2D eigenvalue weighted by molar-refractivity contribution is 7.80. The Kier molecular flexibility index (Phi) is 7.98. The summed E-state index contributed by atoms with van der Waals surface area (Å²) in [5.74, 6) is 0.615. The van der Waals surface area contributed by atoms with Crippen LogP contribution in [0.15, 0.2) is 79.0 Å². The summed E-state index contributed by atoms with van der Waals surface area (Å²) >= 11 is 12.6. The molecule has 38 heavy (non-hydrogen) atoms. The van der Waals surface area contributed by atoms with Crippen molar-refractivity contribution in [2.75, 3.05) is 25.2 Å². The van der Waals surface area contributed by atoms with Gasteiger partial charge in [-0.25, -0.2) is 0 Å². The van der Waals surface area contributed by atoms with E-state index in [2.05, 4.69) is 63.9 Å². The Balaban J connectivity index is 1.56. The van der Waals surface area contributed by atoms with E-state index < -0.39 is 0 Å². The van der Waals surface area contributed by atoms with Gasteiger partial charge in [-0.2, -0.15) is 0 Å². The topological polar surface area (TPSA) is 51.6 Å². The van der Waals surface area contributed by atoms with Crippen LogP contribution < -0.4 is 15.0 Å². The molecular formula is C30H31ClN4O2S. The van der Waals surface area contributed by atoms with Crippen LogP contribution in [0.2, 0.25) is 5.02 Å². The van der Waals surface area contributed by atoms with Crippen LogP contribution >= 0.6 is 23.8 Å². The lowest BCUT2D eigenvalue weighted by Crippen LogP contribution is -2.29. The first-order valence-corrected chi connectivity index (χ1v) is 13.4. The number of nitrogens with one attached hydrogen (secondary N) is 1. The minimum atomic E-state index is -0.134. The largest absolute Gasteiger partial charge is 0.490 e. The lowest BCUT2D eigenvalue weighted by molar-refractivity contribution is 0.146. The minimum Gasteiger partial charge on any atom is -0.490 e. The minimum absolute atomic E-state index is 0.121. The fourth-order valence-corrected chi connectivity index (χ4v) is 5.65. The van der Waals surface area contributed by atoms with Gasteiger partial charge < -0.3 is 24.3 Å². The van der Waals surface area contributed by atoms with E-state index in [-0.39, 0.29) is 12.1 Å². The number of pyridine rings is 1. The van der Waals surface area contributed by atoms with Gasteiger partial charge >= 0.3 is 0 Å². The van der Waals surface area contributed by atoms with E-state index in [4.69, 9.17) is 33.3 Å². The van der Waals surface area contributed by atoms with Crippen molar-refractivity contribution >= 4 is 34.6 Å². The summed E-state index contributed by atoms with van der Waals surface area (Å²) in [4.78, 5) is 6.83. The number of benzene rings is 2. The van der Waals surface area contributed by atoms with Crippen LogP contribution in [-0.2, 0) is 11.3 Å². The molecule has 0 unspecified atom stereocenters. The van der Waals surface area contributed by atoms with E-state index in [9.17, 15) is 0 Å². The molecule has 0 radical (unpaired) electrons. The van der Waals surface area contributed by atoms with E-state index in [0.29, 0.717) is 29.1 Å². The molecule has 1 aliphatic rings. The molecule has 3 heterocycles. The average Bonchev–Trinajstić information content (AvgIpc) is 3.41. The number of methoxy groups -OCH3 is 1. The van der Waals surface area contributed by atoms with Crippen molar-refractivity contribution in [2.24, 2.45) is 0 Å². The van der Waals surface area contributed by atoms with Crippen LogP contribution in [0.25, 0.3) is 0 Å². The summed E-state index contributed by atoms with van der Waals surface area (Å²) in [6, 6.07) is 24.3. The second-order valence-corrected chi connectivity index (χ2v) is 10.1. The van der Waals surface area contributed by atoms with Crippen LogP contribution in [0.3, 0.4) is 0 Å². The van der Waals surface area contributed by atoms with Gasteiger partial charge in [0.2, 0.25) is 0 Å². The van der Waals surface area contributed by atoms with Crippen LogP contribution in [0.1, 0.15) is 40.3 Å². The molecule has 6 nitrogen and oxygen atoms in total. The molecule has 2 atom stereocenters. The first-order chi connectivity index (χ1) is 18.5. The Morgan fingerprint density at radius 1 is 1.00 bits per heavy atom. The van der Waals surface area contributed by atoms with E-state index in [0.717, 1.165) is 17.9 Å². The van der Waals surface area contributed by atoms with Crippen LogP contribution in [0, 0.1) is 13.8 Å². The summed E-state index contributed by atoms with van der Waals surface area (Å²) in [6.07, 6.45) is 1.82. The number of hydrogen-bond acceptors (Lipinski definition) is 4. The molecule has 2 aromatic heterocycles. The molecule has 0 amide bonds. The third kappa shape index (κ3) is 5.27. The van der Waals surface area contributed by atoms with Crippen molar-refractivity contribution in [3.05, 3.63) is 112 Å². The van der Waals surface area contributed by atoms with Crippen molar-refractivity contribution in [1.82, 2.24) is 14.9 Å². The second-order valence-electron chi connectivity index (χ2n) is 9.35. The smallest absolute Gasteiger partial charge is 0.174 e. The normalized spacial score (nSPS) is 17.1. The van der Waals surface area contributed by atoms with Gasteiger partial charge in [-0.15, -0.1) is 0 Å². The van der Waals surface area contributed by atoms with Gasteiger partial charge in [0.05, 0.1) is 29.4 Å². The highest BCUT2D eigenvalue weighted by Crippen LogP contribution is 2.44. The molecule has 0 bridgehead atoms. The van der Waals surface area contributed by atoms with Gasteiger partial charge in [0, 0.05) is 36.9 Å². The first kappa shape index (κ1) is 26.2. The van der Waals surface area contributed by atoms with Gasteiger partial charge in [0.25, 0.3) is 0 Å². The quantitative estimate of drug-likeness (QED) is 0.193. The molecule has 0 saturated carbocycles. The summed E-state index contributed by atoms with van der Waals surface area (Å²) in [5.41, 5.74) is 6.66. The van der Waals surface area contributed by atoms with Gasteiger partial charge in [-0.05, 0) is 73.6 Å². The Bertz CT molecular complexity index is 1410. The lowest BCUT2D eigenvalue weighted by Gasteiger charge is -2.28. The summed E-state index contributed by atoms with van der Waals surface area (Å²) in [6.45, 7) is 6.06. The Labute approximate surface area is 234 Å². The fourth-order valence-electron chi connectivity index (χ4n) is 5.08. The Morgan fingerprint density at radius 2 is 1.79 bits per heavy atom. The number of aryl methyl sites for hydroxylation is 1. The first-order valence-electron chi connectivity index (χ1n) is 12.6. The van der Waals surface area contributed by atoms with E-state index in [1.54, 1.807) is 7.11 Å². The molecule has 0 aliphatic carbocycles. The molecule has 1 aliphatic heterocycles. The number of aromatic nitrogens is 2. The third-order valence-electron chi connectivity index (χ3n) is 6.95. The summed E-state index contributed by atoms with van der Waals surface area (Å²) in [5, 5.41) is 4.70. The molecule has 4 aromatic rings. The van der Waals surface area contributed by atoms with Crippen molar-refractivity contribution in [3.63, 3.8) is 0 Å². The van der Waals surface area contributed by atoms with Gasteiger partial charge in [-0.1, -0.05) is 48.0 Å². The molecule has 8 heteroatoms. The fraction of sp³-hybridized carbons (Fsp3) is 0.267. The SMILES string of the molecule is COCCOc1ccc(N2C(=S)N[C@H](c3ccccn3)[C@@H]2c2cc(C)n(Cc3ccccc3)c2C)cc1Cl. The van der Waals surface area contributed by atoms with Crippen LogP contribution in [0.5, 0.6) is 5.75 Å². The second kappa shape index (κ2) is 11.6. The molecule has 1 N–H and O–H groups in total. The standard InChI is InChI=1S/C30H31ClN4O2S/c1-20-17-24(21(2)34(20)19-22-9-5-4-6-10-22)29-28(26-11-7-8-14-32-26)33-30(38)35(29)23-12-13-27(25(31)18-23)37-16-15-36-3/h4-14,17-18,28-29H,15-16,19H2,1-3H3,(H,33,38)/t28-,29+/m1/s1. The number of hydrogen-bond donors (Lipinski definition) is 1. The zero-order valence-electron chi connectivity index (χ0n) is 21.7. The number of nitrogens with zero attached hydrogens (tertiary/aromatic N) is 3. The van der Waals surface area contributed by atoms with Crippen LogP contribution in [-0.4, -0.2) is 35.0 Å². The molecule has 2 aromatic carbocycles. The summed E-state index contributed by atoms with van der Waals surface area (Å²) in [7, 11) is 1.64. The molecular weight excluding hydrogens is 516 g/mol. The highest BCUT2D eigenvalue weighted by atomic mass is 35.5. The monoisotopic (exact) mass is 546 g/mol. The maximum absolute atomic E-state index is 6.66. The highest BCUT2D eigenvalue weighted by Gasteiger charge is 2.42. The third-order valence-corrected chi connectivity index (χ3v) is 7.56. The predicted molar refractivity (Wildman–Crippen MR) is 156 cm³/mol. The van der Waals surface area contributed by atoms with Gasteiger partial charge in [0.1, 0.15) is 12.4 Å². The van der Waals surface area contributed by atoms with Crippen molar-refractivity contribution < 1.29 is 9.47 Å². The number of ether oxygens (including phenoxy) is 2. The Hall–Kier alpha value is -3.39. The molecule has 196 valence electrons. The molecule has 1 saturated heterocycles. The maximum Gasteiger partial charge on any atom is 0.174 e.